The number of thioether (sulfide) groups is 1. The number of rotatable bonds is 5. The van der Waals surface area contributed by atoms with Crippen LogP contribution in [-0.2, 0) is 16.1 Å². The number of halogens is 2. The fourth-order valence-corrected chi connectivity index (χ4v) is 4.04. The third-order valence-corrected chi connectivity index (χ3v) is 5.30. The van der Waals surface area contributed by atoms with E-state index in [1.165, 1.54) is 16.7 Å². The number of imide groups is 1. The van der Waals surface area contributed by atoms with Crippen molar-refractivity contribution in [1.29, 1.82) is 0 Å². The molecule has 6 heteroatoms. The molecule has 1 aliphatic rings. The first-order valence-corrected chi connectivity index (χ1v) is 9.49. The summed E-state index contributed by atoms with van der Waals surface area (Å²) in [7, 11) is 0. The lowest BCUT2D eigenvalue weighted by atomic mass is 10.1. The van der Waals surface area contributed by atoms with E-state index in [-0.39, 0.29) is 18.4 Å². The molecule has 2 amide bonds. The molecule has 0 bridgehead atoms. The van der Waals surface area contributed by atoms with Gasteiger partial charge in [-0.25, -0.2) is 0 Å². The summed E-state index contributed by atoms with van der Waals surface area (Å²) in [6.45, 7) is 2.18. The minimum Gasteiger partial charge on any atom is -0.269 e. The molecular formula is C19H15Cl2NO2S. The summed E-state index contributed by atoms with van der Waals surface area (Å²) in [6.07, 6.45) is 0. The maximum Gasteiger partial charge on any atom is 0.268 e. The van der Waals surface area contributed by atoms with Crippen LogP contribution in [0.3, 0.4) is 0 Å². The quantitative estimate of drug-likeness (QED) is 0.670. The second-order valence-electron chi connectivity index (χ2n) is 5.44. The number of benzene rings is 2. The van der Waals surface area contributed by atoms with Crippen molar-refractivity contribution < 1.29 is 9.59 Å². The number of nitrogens with zero attached hydrogens (tertiary/aromatic N) is 1. The first kappa shape index (κ1) is 18.1. The van der Waals surface area contributed by atoms with Gasteiger partial charge in [0.15, 0.2) is 0 Å². The van der Waals surface area contributed by atoms with Gasteiger partial charge in [-0.05, 0) is 23.4 Å². The zero-order chi connectivity index (χ0) is 18.0. The van der Waals surface area contributed by atoms with Crippen LogP contribution in [0.25, 0.3) is 5.57 Å². The number of amides is 2. The molecule has 128 valence electrons. The Hall–Kier alpha value is -1.75. The van der Waals surface area contributed by atoms with Gasteiger partial charge in [-0.15, -0.1) is 11.8 Å². The van der Waals surface area contributed by atoms with Crippen molar-refractivity contribution in [3.8, 4) is 0 Å². The van der Waals surface area contributed by atoms with Crippen LogP contribution in [0.2, 0.25) is 10.0 Å². The van der Waals surface area contributed by atoms with Crippen molar-refractivity contribution in [2.75, 3.05) is 5.75 Å². The van der Waals surface area contributed by atoms with Gasteiger partial charge >= 0.3 is 0 Å². The van der Waals surface area contributed by atoms with Crippen molar-refractivity contribution in [1.82, 2.24) is 4.90 Å². The van der Waals surface area contributed by atoms with E-state index in [0.717, 1.165) is 5.56 Å². The van der Waals surface area contributed by atoms with Crippen LogP contribution < -0.4 is 0 Å². The molecule has 0 fully saturated rings. The van der Waals surface area contributed by atoms with Gasteiger partial charge in [-0.3, -0.25) is 14.5 Å². The first-order valence-electron chi connectivity index (χ1n) is 7.75. The van der Waals surface area contributed by atoms with Crippen LogP contribution in [0.1, 0.15) is 18.1 Å². The molecule has 0 spiro atoms. The van der Waals surface area contributed by atoms with Crippen LogP contribution in [0.5, 0.6) is 0 Å². The summed E-state index contributed by atoms with van der Waals surface area (Å²) < 4.78 is 0. The standard InChI is InChI=1S/C19H15Cl2NO2S/c1-2-25-17-16(14-9-8-13(20)10-15(14)21)18(23)22(19(17)24)11-12-6-4-3-5-7-12/h3-10H,2,11H2,1H3. The Morgan fingerprint density at radius 2 is 1.72 bits per heavy atom. The highest BCUT2D eigenvalue weighted by atomic mass is 35.5. The minimum atomic E-state index is -0.325. The van der Waals surface area contributed by atoms with Gasteiger partial charge in [0.1, 0.15) is 0 Å². The molecule has 2 aromatic carbocycles. The Balaban J connectivity index is 2.02. The monoisotopic (exact) mass is 391 g/mol. The second-order valence-corrected chi connectivity index (χ2v) is 7.56. The van der Waals surface area contributed by atoms with E-state index in [4.69, 9.17) is 23.2 Å². The van der Waals surface area contributed by atoms with Gasteiger partial charge < -0.3 is 0 Å². The lowest BCUT2D eigenvalue weighted by molar-refractivity contribution is -0.137. The number of carbonyl (C=O) groups excluding carboxylic acids is 2. The molecule has 0 aliphatic carbocycles. The van der Waals surface area contributed by atoms with Gasteiger partial charge in [-0.2, -0.15) is 0 Å². The molecular weight excluding hydrogens is 377 g/mol. The summed E-state index contributed by atoms with van der Waals surface area (Å²) >= 11 is 13.6. The Labute approximate surface area is 160 Å². The van der Waals surface area contributed by atoms with Crippen LogP contribution >= 0.6 is 35.0 Å². The highest BCUT2D eigenvalue weighted by Crippen LogP contribution is 2.39. The highest BCUT2D eigenvalue weighted by molar-refractivity contribution is 8.04. The highest BCUT2D eigenvalue weighted by Gasteiger charge is 2.39. The van der Waals surface area contributed by atoms with Gasteiger partial charge in [0.05, 0.1) is 22.0 Å². The maximum absolute atomic E-state index is 13.0. The predicted octanol–water partition coefficient (Wildman–Crippen LogP) is 5.03. The number of hydrogen-bond acceptors (Lipinski definition) is 3. The molecule has 2 aromatic rings. The lowest BCUT2D eigenvalue weighted by Gasteiger charge is -2.15. The molecule has 0 atom stereocenters. The largest absolute Gasteiger partial charge is 0.269 e. The Morgan fingerprint density at radius 1 is 1.00 bits per heavy atom. The molecule has 0 N–H and O–H groups in total. The Kier molecular flexibility index (Phi) is 5.52. The summed E-state index contributed by atoms with van der Waals surface area (Å²) in [5, 5.41) is 0.844. The molecule has 0 saturated heterocycles. The fourth-order valence-electron chi connectivity index (χ4n) is 2.67. The normalized spacial score (nSPS) is 14.6. The van der Waals surface area contributed by atoms with E-state index >= 15 is 0 Å². The van der Waals surface area contributed by atoms with Gasteiger partial charge in [-0.1, -0.05) is 66.5 Å². The minimum absolute atomic E-state index is 0.237. The summed E-state index contributed by atoms with van der Waals surface area (Å²) in [4.78, 5) is 27.5. The predicted molar refractivity (Wildman–Crippen MR) is 104 cm³/mol. The third-order valence-electron chi connectivity index (χ3n) is 3.80. The van der Waals surface area contributed by atoms with E-state index in [1.807, 2.05) is 37.3 Å². The zero-order valence-electron chi connectivity index (χ0n) is 13.5. The van der Waals surface area contributed by atoms with E-state index in [1.54, 1.807) is 18.2 Å². The molecule has 0 unspecified atom stereocenters. The first-order chi connectivity index (χ1) is 12.0. The smallest absolute Gasteiger partial charge is 0.268 e. The average Bonchev–Trinajstić information content (AvgIpc) is 2.81. The molecule has 0 saturated carbocycles. The molecule has 25 heavy (non-hydrogen) atoms. The van der Waals surface area contributed by atoms with Gasteiger partial charge in [0, 0.05) is 10.6 Å². The van der Waals surface area contributed by atoms with Crippen LogP contribution in [0.4, 0.5) is 0 Å². The van der Waals surface area contributed by atoms with Crippen molar-refractivity contribution in [3.05, 3.63) is 74.6 Å². The molecule has 1 heterocycles. The molecule has 0 aromatic heterocycles. The van der Waals surface area contributed by atoms with Crippen LogP contribution in [-0.4, -0.2) is 22.5 Å². The van der Waals surface area contributed by atoms with Gasteiger partial charge in [0.25, 0.3) is 11.8 Å². The average molecular weight is 392 g/mol. The SMILES string of the molecule is CCSC1=C(c2ccc(Cl)cc2Cl)C(=O)N(Cc2ccccc2)C1=O. The van der Waals surface area contributed by atoms with E-state index in [0.29, 0.717) is 31.8 Å². The van der Waals surface area contributed by atoms with E-state index in [9.17, 15) is 9.59 Å². The molecule has 3 nitrogen and oxygen atoms in total. The number of carbonyl (C=O) groups is 2. The van der Waals surface area contributed by atoms with Crippen molar-refractivity contribution >= 4 is 52.4 Å². The topological polar surface area (TPSA) is 37.4 Å². The van der Waals surface area contributed by atoms with Crippen molar-refractivity contribution in [2.24, 2.45) is 0 Å². The molecule has 1 aliphatic heterocycles. The third kappa shape index (κ3) is 3.61. The molecule has 0 radical (unpaired) electrons. The van der Waals surface area contributed by atoms with Gasteiger partial charge in [0.2, 0.25) is 0 Å². The fraction of sp³-hybridized carbons (Fsp3) is 0.158. The van der Waals surface area contributed by atoms with E-state index < -0.39 is 0 Å². The lowest BCUT2D eigenvalue weighted by Crippen LogP contribution is -2.30. The summed E-state index contributed by atoms with van der Waals surface area (Å²) in [5.41, 5.74) is 1.79. The Morgan fingerprint density at radius 3 is 2.36 bits per heavy atom. The van der Waals surface area contributed by atoms with Crippen molar-refractivity contribution in [2.45, 2.75) is 13.5 Å². The summed E-state index contributed by atoms with van der Waals surface area (Å²) in [6, 6.07) is 14.4. The zero-order valence-corrected chi connectivity index (χ0v) is 15.8. The number of hydrogen-bond donors (Lipinski definition) is 0. The maximum atomic E-state index is 13.0. The second kappa shape index (κ2) is 7.65. The van der Waals surface area contributed by atoms with Crippen molar-refractivity contribution in [3.63, 3.8) is 0 Å². The van der Waals surface area contributed by atoms with Crippen LogP contribution in [0, 0.1) is 0 Å². The van der Waals surface area contributed by atoms with E-state index in [2.05, 4.69) is 0 Å². The molecule has 3 rings (SSSR count). The van der Waals surface area contributed by atoms with Crippen LogP contribution in [0.15, 0.2) is 53.4 Å². The summed E-state index contributed by atoms with van der Waals surface area (Å²) in [5.74, 6) is 0.0816. The Bertz CT molecular complexity index is 865.